The van der Waals surface area contributed by atoms with Gasteiger partial charge < -0.3 is 18.9 Å². The van der Waals surface area contributed by atoms with Gasteiger partial charge in [-0.1, -0.05) is 47.5 Å². The van der Waals surface area contributed by atoms with Crippen molar-refractivity contribution < 1.29 is 18.4 Å². The van der Waals surface area contributed by atoms with Crippen LogP contribution in [-0.4, -0.2) is 47.1 Å². The normalized spacial score (nSPS) is 15.9. The molecule has 0 bridgehead atoms. The van der Waals surface area contributed by atoms with Crippen LogP contribution in [0, 0.1) is 12.3 Å². The molecule has 0 fully saturated rings. The maximum Gasteiger partial charge on any atom is 0.407 e. The van der Waals surface area contributed by atoms with Crippen LogP contribution in [0.5, 0.6) is 0 Å². The van der Waals surface area contributed by atoms with E-state index in [-0.39, 0.29) is 16.1 Å². The second-order valence-corrected chi connectivity index (χ2v) is 21.7. The second kappa shape index (κ2) is 10.2. The zero-order chi connectivity index (χ0) is 24.2. The summed E-state index contributed by atoms with van der Waals surface area (Å²) in [7, 11) is -4.02. The van der Waals surface area contributed by atoms with E-state index in [2.05, 4.69) is 79.0 Å². The molecule has 0 saturated heterocycles. The summed E-state index contributed by atoms with van der Waals surface area (Å²) in [5.74, 6) is 2.77. The molecule has 0 aliphatic heterocycles. The summed E-state index contributed by atoms with van der Waals surface area (Å²) in [4.78, 5) is 12.5. The Bertz CT molecular complexity index is 605. The average Bonchev–Trinajstić information content (AvgIpc) is 2.47. The van der Waals surface area contributed by atoms with Gasteiger partial charge in [-0.05, 0) is 63.5 Å². The first-order valence-corrected chi connectivity index (χ1v) is 16.7. The van der Waals surface area contributed by atoms with Crippen LogP contribution < -0.4 is 5.32 Å². The van der Waals surface area contributed by atoms with Crippen LogP contribution in [0.1, 0.15) is 68.7 Å². The van der Waals surface area contributed by atoms with Gasteiger partial charge in [0.15, 0.2) is 16.6 Å². The van der Waals surface area contributed by atoms with Crippen LogP contribution in [0.2, 0.25) is 36.3 Å². The molecule has 0 saturated carbocycles. The van der Waals surface area contributed by atoms with Crippen molar-refractivity contribution in [3.8, 4) is 12.3 Å². The zero-order valence-corrected chi connectivity index (χ0v) is 23.8. The summed E-state index contributed by atoms with van der Waals surface area (Å²) in [6.07, 6.45) is 5.41. The number of terminal acetylenes is 1. The minimum absolute atomic E-state index is 0.0101. The van der Waals surface area contributed by atoms with Gasteiger partial charge in [0, 0.05) is 6.61 Å². The number of ether oxygens (including phenoxy) is 1. The molecule has 0 aromatic rings. The van der Waals surface area contributed by atoms with Gasteiger partial charge in [-0.2, -0.15) is 0 Å². The molecule has 7 heteroatoms. The molecule has 0 unspecified atom stereocenters. The van der Waals surface area contributed by atoms with Crippen molar-refractivity contribution in [1.82, 2.24) is 5.32 Å². The topological polar surface area (TPSA) is 56.8 Å². The molecule has 0 rings (SSSR count). The highest BCUT2D eigenvalue weighted by molar-refractivity contribution is 6.74. The van der Waals surface area contributed by atoms with Gasteiger partial charge in [0.2, 0.25) is 0 Å². The number of amides is 1. The van der Waals surface area contributed by atoms with Crippen molar-refractivity contribution >= 4 is 22.7 Å². The van der Waals surface area contributed by atoms with E-state index in [4.69, 9.17) is 20.0 Å². The van der Waals surface area contributed by atoms with E-state index in [1.165, 1.54) is 0 Å². The molecule has 0 radical (unpaired) electrons. The van der Waals surface area contributed by atoms with Crippen molar-refractivity contribution in [3.05, 3.63) is 0 Å². The highest BCUT2D eigenvalue weighted by Gasteiger charge is 2.41. The molecule has 0 aliphatic rings. The van der Waals surface area contributed by atoms with Crippen molar-refractivity contribution in [2.24, 2.45) is 0 Å². The lowest BCUT2D eigenvalue weighted by atomic mass is 10.1. The predicted octanol–water partition coefficient (Wildman–Crippen LogP) is 6.32. The van der Waals surface area contributed by atoms with Crippen molar-refractivity contribution in [2.75, 3.05) is 6.61 Å². The Morgan fingerprint density at radius 3 is 1.77 bits per heavy atom. The van der Waals surface area contributed by atoms with E-state index in [0.29, 0.717) is 13.0 Å². The van der Waals surface area contributed by atoms with Crippen LogP contribution in [-0.2, 0) is 13.6 Å². The molecule has 0 spiro atoms. The molecule has 30 heavy (non-hydrogen) atoms. The summed E-state index contributed by atoms with van der Waals surface area (Å²) in [6, 6.07) is -0.385. The molecule has 2 atom stereocenters. The van der Waals surface area contributed by atoms with Crippen LogP contribution in [0.15, 0.2) is 0 Å². The summed E-state index contributed by atoms with van der Waals surface area (Å²) in [6.45, 7) is 27.9. The fourth-order valence-corrected chi connectivity index (χ4v) is 4.42. The third-order valence-electron chi connectivity index (χ3n) is 6.16. The molecule has 0 aliphatic carbocycles. The van der Waals surface area contributed by atoms with Gasteiger partial charge in [0.1, 0.15) is 11.7 Å². The molecule has 0 aromatic heterocycles. The Labute approximate surface area is 188 Å². The highest BCUT2D eigenvalue weighted by atomic mass is 28.4. The number of rotatable bonds is 8. The average molecular weight is 458 g/mol. The summed E-state index contributed by atoms with van der Waals surface area (Å²) in [5.41, 5.74) is -0.585. The Morgan fingerprint density at radius 2 is 1.40 bits per heavy atom. The van der Waals surface area contributed by atoms with Gasteiger partial charge in [-0.15, -0.1) is 6.42 Å². The Hall–Kier alpha value is -0.816. The molecule has 0 aromatic carbocycles. The molecular weight excluding hydrogens is 410 g/mol. The van der Waals surface area contributed by atoms with Crippen LogP contribution >= 0.6 is 0 Å². The van der Waals surface area contributed by atoms with E-state index in [0.717, 1.165) is 0 Å². The van der Waals surface area contributed by atoms with Gasteiger partial charge in [-0.3, -0.25) is 0 Å². The first-order valence-electron chi connectivity index (χ1n) is 10.9. The number of nitrogens with one attached hydrogen (secondary N) is 1. The fourth-order valence-electron chi connectivity index (χ4n) is 2.14. The number of hydrogen-bond donors (Lipinski definition) is 1. The van der Waals surface area contributed by atoms with Crippen molar-refractivity contribution in [3.63, 3.8) is 0 Å². The standard InChI is InChI=1S/C23H47NO4Si2/c1-15-19(28-30(13,14)23(8,9)10)18(24-20(25)27-21(2,3)4)16-17-26-29(11,12)22(5,6)7/h1,18-19H,16-17H2,2-14H3,(H,24,25)/t18-,19-/m0/s1. The molecule has 1 N–H and O–H groups in total. The van der Waals surface area contributed by atoms with Crippen LogP contribution in [0.3, 0.4) is 0 Å². The largest absolute Gasteiger partial charge is 0.444 e. The molecule has 0 heterocycles. The minimum Gasteiger partial charge on any atom is -0.444 e. The fraction of sp³-hybridized carbons (Fsp3) is 0.870. The molecular formula is C23H47NO4Si2. The first-order chi connectivity index (χ1) is 13.1. The summed E-state index contributed by atoms with van der Waals surface area (Å²) in [5, 5.41) is 3.08. The maximum atomic E-state index is 12.5. The quantitative estimate of drug-likeness (QED) is 0.342. The van der Waals surface area contributed by atoms with E-state index in [1.54, 1.807) is 0 Å². The third-order valence-corrected chi connectivity index (χ3v) is 15.2. The lowest BCUT2D eigenvalue weighted by Crippen LogP contribution is -2.52. The second-order valence-electron chi connectivity index (χ2n) is 12.1. The predicted molar refractivity (Wildman–Crippen MR) is 132 cm³/mol. The summed E-state index contributed by atoms with van der Waals surface area (Å²) >= 11 is 0. The highest BCUT2D eigenvalue weighted by Crippen LogP contribution is 2.38. The van der Waals surface area contributed by atoms with Gasteiger partial charge >= 0.3 is 6.09 Å². The lowest BCUT2D eigenvalue weighted by Gasteiger charge is -2.40. The van der Waals surface area contributed by atoms with Crippen LogP contribution in [0.4, 0.5) is 4.79 Å². The molecule has 1 amide bonds. The Balaban J connectivity index is 5.50. The van der Waals surface area contributed by atoms with Crippen molar-refractivity contribution in [2.45, 2.75) is 123 Å². The lowest BCUT2D eigenvalue weighted by molar-refractivity contribution is 0.0451. The van der Waals surface area contributed by atoms with Gasteiger partial charge in [-0.25, -0.2) is 4.79 Å². The molecule has 176 valence electrons. The SMILES string of the molecule is C#C[C@H](O[Si](C)(C)C(C)(C)C)[C@H](CCO[Si](C)(C)C(C)(C)C)NC(=O)OC(C)(C)C. The summed E-state index contributed by atoms with van der Waals surface area (Å²) < 4.78 is 18.3. The Kier molecular flexibility index (Phi) is 9.92. The van der Waals surface area contributed by atoms with Gasteiger partial charge in [0.25, 0.3) is 0 Å². The smallest absolute Gasteiger partial charge is 0.407 e. The maximum absolute atomic E-state index is 12.5. The van der Waals surface area contributed by atoms with E-state index >= 15 is 0 Å². The van der Waals surface area contributed by atoms with E-state index < -0.39 is 34.4 Å². The third kappa shape index (κ3) is 9.55. The van der Waals surface area contributed by atoms with Crippen molar-refractivity contribution in [1.29, 1.82) is 0 Å². The number of hydrogen-bond acceptors (Lipinski definition) is 4. The van der Waals surface area contributed by atoms with E-state index in [1.807, 2.05) is 20.8 Å². The monoisotopic (exact) mass is 457 g/mol. The van der Waals surface area contributed by atoms with Gasteiger partial charge in [0.05, 0.1) is 6.04 Å². The number of alkyl carbamates (subject to hydrolysis) is 1. The van der Waals surface area contributed by atoms with E-state index in [9.17, 15) is 4.79 Å². The van der Waals surface area contributed by atoms with Crippen LogP contribution in [0.25, 0.3) is 0 Å². The zero-order valence-electron chi connectivity index (χ0n) is 21.8. The number of carbonyl (C=O) groups excluding carboxylic acids is 1. The first kappa shape index (κ1) is 29.2. The minimum atomic E-state index is -2.12. The number of carbonyl (C=O) groups is 1. The molecule has 5 nitrogen and oxygen atoms in total. The Morgan fingerprint density at radius 1 is 0.933 bits per heavy atom.